The third-order valence-electron chi connectivity index (χ3n) is 1.75. The average molecular weight is 188 g/mol. The molecule has 0 bridgehead atoms. The lowest BCUT2D eigenvalue weighted by molar-refractivity contribution is 0.373. The Morgan fingerprint density at radius 2 is 2.00 bits per heavy atom. The lowest BCUT2D eigenvalue weighted by atomic mass is 10.6. The summed E-state index contributed by atoms with van der Waals surface area (Å²) in [7, 11) is 1.57. The van der Waals surface area contributed by atoms with Crippen molar-refractivity contribution in [3.8, 4) is 0 Å². The summed E-state index contributed by atoms with van der Waals surface area (Å²) >= 11 is 0. The predicted molar refractivity (Wildman–Crippen MR) is 46.8 cm³/mol. The van der Waals surface area contributed by atoms with Gasteiger partial charge in [0.25, 0.3) is 0 Å². The number of hydrogen-bond acceptors (Lipinski definition) is 3. The maximum atomic E-state index is 10.9. The maximum absolute atomic E-state index is 10.9. The van der Waals surface area contributed by atoms with Gasteiger partial charge in [0.15, 0.2) is 0 Å². The molecule has 0 aromatic carbocycles. The van der Waals surface area contributed by atoms with Crippen LogP contribution in [0.1, 0.15) is 0 Å². The predicted octanol–water partition coefficient (Wildman–Crippen LogP) is -0.554. The van der Waals surface area contributed by atoms with Gasteiger partial charge >= 0.3 is 0 Å². The highest BCUT2D eigenvalue weighted by molar-refractivity contribution is 7.89. The van der Waals surface area contributed by atoms with E-state index >= 15 is 0 Å². The molecule has 0 saturated carbocycles. The number of nitrogens with zero attached hydrogens (tertiary/aromatic N) is 1. The molecule has 0 amide bonds. The van der Waals surface area contributed by atoms with Crippen LogP contribution >= 0.6 is 0 Å². The Morgan fingerprint density at radius 3 is 2.50 bits per heavy atom. The highest BCUT2D eigenvalue weighted by Crippen LogP contribution is 1.98. The van der Waals surface area contributed by atoms with Gasteiger partial charge in [-0.2, -0.15) is 0 Å². The van der Waals surface area contributed by atoms with Gasteiger partial charge in [-0.05, 0) is 0 Å². The molecule has 0 atom stereocenters. The van der Waals surface area contributed by atoms with Crippen LogP contribution in [0.25, 0.3) is 0 Å². The Hall–Kier alpha value is -0.390. The molecule has 0 fully saturated rings. The van der Waals surface area contributed by atoms with E-state index in [1.165, 1.54) is 0 Å². The summed E-state index contributed by atoms with van der Waals surface area (Å²) in [4.78, 5) is 2.02. The molecule has 0 spiro atoms. The summed E-state index contributed by atoms with van der Waals surface area (Å²) in [5.41, 5.74) is 0. The molecule has 1 aliphatic rings. The van der Waals surface area contributed by atoms with Crippen molar-refractivity contribution in [2.24, 2.45) is 0 Å². The molecule has 0 aromatic rings. The van der Waals surface area contributed by atoms with Gasteiger partial charge < -0.3 is 0 Å². The molecule has 2 radical (unpaired) electrons. The van der Waals surface area contributed by atoms with Crippen LogP contribution < -0.4 is 4.72 Å². The molecule has 12 heavy (non-hydrogen) atoms. The van der Waals surface area contributed by atoms with Crippen molar-refractivity contribution in [1.29, 1.82) is 0 Å². The highest BCUT2D eigenvalue weighted by Gasteiger charge is 2.11. The van der Waals surface area contributed by atoms with Crippen LogP contribution in [0.3, 0.4) is 0 Å². The van der Waals surface area contributed by atoms with E-state index in [9.17, 15) is 8.42 Å². The molecular weight excluding hydrogens is 176 g/mol. The fourth-order valence-corrected chi connectivity index (χ4v) is 1.63. The standard InChI is InChI=1S/C7H12N2O2S/c1-8-12(10,11)7-6-9-4-2-3-5-9/h1-3,8H,4-7H2. The van der Waals surface area contributed by atoms with Gasteiger partial charge in [0, 0.05) is 19.6 Å². The molecule has 68 valence electrons. The van der Waals surface area contributed by atoms with Gasteiger partial charge in [0.2, 0.25) is 10.0 Å². The lowest BCUT2D eigenvalue weighted by Gasteiger charge is -2.13. The smallest absolute Gasteiger partial charge is 0.213 e. The van der Waals surface area contributed by atoms with E-state index in [4.69, 9.17) is 7.05 Å². The minimum Gasteiger partial charge on any atom is -0.295 e. The van der Waals surface area contributed by atoms with E-state index in [2.05, 4.69) is 0 Å². The van der Waals surface area contributed by atoms with Gasteiger partial charge in [-0.3, -0.25) is 4.90 Å². The summed E-state index contributed by atoms with van der Waals surface area (Å²) in [5.74, 6) is 0.0607. The van der Waals surface area contributed by atoms with Crippen molar-refractivity contribution in [2.45, 2.75) is 0 Å². The molecule has 4 nitrogen and oxygen atoms in total. The molecule has 1 heterocycles. The summed E-state index contributed by atoms with van der Waals surface area (Å²) < 4.78 is 23.5. The zero-order valence-corrected chi connectivity index (χ0v) is 7.55. The fourth-order valence-electron chi connectivity index (χ4n) is 1.01. The fraction of sp³-hybridized carbons (Fsp3) is 0.571. The second-order valence-corrected chi connectivity index (χ2v) is 4.54. The van der Waals surface area contributed by atoms with Crippen LogP contribution in [-0.4, -0.2) is 38.7 Å². The van der Waals surface area contributed by atoms with Crippen LogP contribution in [-0.2, 0) is 10.0 Å². The van der Waals surface area contributed by atoms with E-state index in [-0.39, 0.29) is 5.75 Å². The minimum absolute atomic E-state index is 0.0607. The lowest BCUT2D eigenvalue weighted by Crippen LogP contribution is -2.31. The number of hydrogen-bond donors (Lipinski definition) is 1. The normalized spacial score (nSPS) is 18.8. The van der Waals surface area contributed by atoms with Gasteiger partial charge in [-0.25, -0.2) is 13.1 Å². The third-order valence-corrected chi connectivity index (χ3v) is 2.83. The van der Waals surface area contributed by atoms with Crippen LogP contribution in [0, 0.1) is 7.05 Å². The van der Waals surface area contributed by atoms with E-state index in [1.807, 2.05) is 17.1 Å². The number of nitrogens with one attached hydrogen (secondary N) is 1. The zero-order chi connectivity index (χ0) is 9.03. The molecule has 5 heteroatoms. The Morgan fingerprint density at radius 1 is 1.42 bits per heavy atom. The summed E-state index contributed by atoms with van der Waals surface area (Å²) in [5, 5.41) is 0. The number of sulfonamides is 1. The second kappa shape index (κ2) is 4.02. The van der Waals surface area contributed by atoms with Crippen LogP contribution in [0.5, 0.6) is 0 Å². The minimum atomic E-state index is -3.25. The first-order valence-electron chi connectivity index (χ1n) is 3.71. The van der Waals surface area contributed by atoms with E-state index in [1.54, 1.807) is 4.72 Å². The molecule has 0 saturated heterocycles. The van der Waals surface area contributed by atoms with Gasteiger partial charge in [0.05, 0.1) is 12.8 Å². The summed E-state index contributed by atoms with van der Waals surface area (Å²) in [6, 6.07) is 0. The van der Waals surface area contributed by atoms with Crippen molar-refractivity contribution < 1.29 is 8.42 Å². The van der Waals surface area contributed by atoms with Crippen molar-refractivity contribution in [2.75, 3.05) is 25.4 Å². The van der Waals surface area contributed by atoms with Crippen LogP contribution in [0.15, 0.2) is 12.2 Å². The first kappa shape index (κ1) is 9.70. The topological polar surface area (TPSA) is 49.4 Å². The molecule has 0 aromatic heterocycles. The third kappa shape index (κ3) is 2.92. The zero-order valence-electron chi connectivity index (χ0n) is 6.73. The van der Waals surface area contributed by atoms with Crippen molar-refractivity contribution >= 4 is 10.0 Å². The Bertz CT molecular complexity index is 251. The Balaban J connectivity index is 2.26. The molecular formula is C7H12N2O2S. The molecule has 0 unspecified atom stereocenters. The van der Waals surface area contributed by atoms with Crippen molar-refractivity contribution in [3.05, 3.63) is 19.2 Å². The average Bonchev–Trinajstić information content (AvgIpc) is 2.53. The SMILES string of the molecule is [CH]NS(=O)(=O)CCN1CC=CC1. The highest BCUT2D eigenvalue weighted by atomic mass is 32.2. The van der Waals surface area contributed by atoms with Crippen molar-refractivity contribution in [1.82, 2.24) is 9.62 Å². The van der Waals surface area contributed by atoms with E-state index in [0.29, 0.717) is 6.54 Å². The molecule has 1 aliphatic heterocycles. The Labute approximate surface area is 73.3 Å². The summed E-state index contributed by atoms with van der Waals surface area (Å²) in [6.07, 6.45) is 4.03. The monoisotopic (exact) mass is 188 g/mol. The van der Waals surface area contributed by atoms with Gasteiger partial charge in [-0.15, -0.1) is 0 Å². The van der Waals surface area contributed by atoms with E-state index in [0.717, 1.165) is 13.1 Å². The number of rotatable bonds is 4. The largest absolute Gasteiger partial charge is 0.295 e. The maximum Gasteiger partial charge on any atom is 0.213 e. The van der Waals surface area contributed by atoms with E-state index < -0.39 is 10.0 Å². The van der Waals surface area contributed by atoms with Gasteiger partial charge in [-0.1, -0.05) is 12.2 Å². The molecule has 1 N–H and O–H groups in total. The Kier molecular flexibility index (Phi) is 3.25. The molecule has 0 aliphatic carbocycles. The quantitative estimate of drug-likeness (QED) is 0.475. The second-order valence-electron chi connectivity index (χ2n) is 2.67. The van der Waals surface area contributed by atoms with Crippen LogP contribution in [0.4, 0.5) is 0 Å². The first-order chi connectivity index (χ1) is 5.64. The summed E-state index contributed by atoms with van der Waals surface area (Å²) in [6.45, 7) is 2.19. The van der Waals surface area contributed by atoms with Crippen molar-refractivity contribution in [3.63, 3.8) is 0 Å². The van der Waals surface area contributed by atoms with Gasteiger partial charge in [0.1, 0.15) is 0 Å². The molecule has 1 rings (SSSR count). The first-order valence-corrected chi connectivity index (χ1v) is 5.37. The van der Waals surface area contributed by atoms with Crippen LogP contribution in [0.2, 0.25) is 0 Å².